The molecule has 3 rings (SSSR count). The van der Waals surface area contributed by atoms with Crippen LogP contribution in [-0.2, 0) is 9.59 Å². The van der Waals surface area contributed by atoms with E-state index in [1.54, 1.807) is 49.1 Å². The fraction of sp³-hybridized carbons (Fsp3) is 0. The molecule has 0 aliphatic rings. The van der Waals surface area contributed by atoms with Gasteiger partial charge >= 0.3 is 11.9 Å². The molecule has 0 aliphatic heterocycles. The molecule has 0 bridgehead atoms. The minimum atomic E-state index is -1.00. The van der Waals surface area contributed by atoms with E-state index in [0.717, 1.165) is 34.4 Å². The van der Waals surface area contributed by atoms with Crippen molar-refractivity contribution in [2.75, 3.05) is 0 Å². The Bertz CT molecular complexity index is 941. The first-order valence-electron chi connectivity index (χ1n) is 8.93. The molecule has 2 heterocycles. The van der Waals surface area contributed by atoms with Crippen molar-refractivity contribution in [2.24, 2.45) is 0 Å². The Hall–Kier alpha value is -4.32. The zero-order chi connectivity index (χ0) is 21.6. The summed E-state index contributed by atoms with van der Waals surface area (Å²) in [5.74, 6) is -2.01. The summed E-state index contributed by atoms with van der Waals surface area (Å²) in [4.78, 5) is 28.4. The molecule has 0 unspecified atom stereocenters. The first-order valence-corrected chi connectivity index (χ1v) is 8.93. The highest BCUT2D eigenvalue weighted by Crippen LogP contribution is 2.08. The van der Waals surface area contributed by atoms with Gasteiger partial charge in [-0.3, -0.25) is 9.97 Å². The molecule has 0 radical (unpaired) electrons. The van der Waals surface area contributed by atoms with Gasteiger partial charge in [0.2, 0.25) is 0 Å². The molecule has 2 aromatic heterocycles. The Morgan fingerprint density at radius 2 is 0.833 bits per heavy atom. The van der Waals surface area contributed by atoms with Crippen molar-refractivity contribution < 1.29 is 19.8 Å². The number of aliphatic carboxylic acids is 2. The molecule has 0 saturated heterocycles. The van der Waals surface area contributed by atoms with Crippen LogP contribution in [0.4, 0.5) is 0 Å². The third-order valence-corrected chi connectivity index (χ3v) is 3.65. The number of carbonyl (C=O) groups is 2. The SMILES string of the molecule is C(=C\c1ccncc1)/c1ccncc1.O=C(O)/C=C/c1ccc(/C=C/C(=O)O)cc1. The van der Waals surface area contributed by atoms with Gasteiger partial charge in [-0.1, -0.05) is 36.4 Å². The van der Waals surface area contributed by atoms with E-state index < -0.39 is 11.9 Å². The molecule has 150 valence electrons. The number of nitrogens with zero attached hydrogens (tertiary/aromatic N) is 2. The van der Waals surface area contributed by atoms with E-state index in [1.165, 1.54) is 12.2 Å². The lowest BCUT2D eigenvalue weighted by Gasteiger charge is -1.94. The van der Waals surface area contributed by atoms with E-state index in [4.69, 9.17) is 10.2 Å². The van der Waals surface area contributed by atoms with Crippen LogP contribution in [0.25, 0.3) is 24.3 Å². The molecule has 2 N–H and O–H groups in total. The van der Waals surface area contributed by atoms with Crippen molar-refractivity contribution >= 4 is 36.2 Å². The average Bonchev–Trinajstić information content (AvgIpc) is 2.77. The number of rotatable bonds is 6. The summed E-state index contributed by atoms with van der Waals surface area (Å²) in [5, 5.41) is 16.8. The van der Waals surface area contributed by atoms with Crippen LogP contribution in [0.1, 0.15) is 22.3 Å². The second kappa shape index (κ2) is 12.2. The molecule has 6 heteroatoms. The molecule has 30 heavy (non-hydrogen) atoms. The van der Waals surface area contributed by atoms with Crippen molar-refractivity contribution in [3.63, 3.8) is 0 Å². The molecular formula is C24H20N2O4. The van der Waals surface area contributed by atoms with Gasteiger partial charge in [-0.05, 0) is 58.7 Å². The molecule has 6 nitrogen and oxygen atoms in total. The predicted octanol–water partition coefficient (Wildman–Crippen LogP) is 4.53. The van der Waals surface area contributed by atoms with Gasteiger partial charge in [-0.2, -0.15) is 0 Å². The molecule has 3 aromatic rings. The minimum absolute atomic E-state index is 0.745. The lowest BCUT2D eigenvalue weighted by atomic mass is 10.1. The fourth-order valence-corrected chi connectivity index (χ4v) is 2.19. The first-order chi connectivity index (χ1) is 14.5. The summed E-state index contributed by atoms with van der Waals surface area (Å²) in [7, 11) is 0. The van der Waals surface area contributed by atoms with Crippen molar-refractivity contribution in [1.29, 1.82) is 0 Å². The van der Waals surface area contributed by atoms with Gasteiger partial charge in [0.25, 0.3) is 0 Å². The van der Waals surface area contributed by atoms with E-state index >= 15 is 0 Å². The summed E-state index contributed by atoms with van der Waals surface area (Å²) in [5.41, 5.74) is 3.79. The van der Waals surface area contributed by atoms with Gasteiger partial charge in [0, 0.05) is 36.9 Å². The second-order valence-electron chi connectivity index (χ2n) is 5.90. The number of carboxylic acids is 2. The van der Waals surface area contributed by atoms with E-state index in [9.17, 15) is 9.59 Å². The molecule has 1 aromatic carbocycles. The van der Waals surface area contributed by atoms with E-state index in [0.29, 0.717) is 0 Å². The van der Waals surface area contributed by atoms with Gasteiger partial charge in [0.1, 0.15) is 0 Å². The number of hydrogen-bond acceptors (Lipinski definition) is 4. The molecule has 0 saturated carbocycles. The normalized spacial score (nSPS) is 10.8. The molecular weight excluding hydrogens is 380 g/mol. The van der Waals surface area contributed by atoms with Crippen LogP contribution < -0.4 is 0 Å². The number of benzene rings is 1. The van der Waals surface area contributed by atoms with Crippen LogP contribution in [0.5, 0.6) is 0 Å². The number of carboxylic acid groups (broad SMARTS) is 2. The van der Waals surface area contributed by atoms with Crippen LogP contribution in [0.2, 0.25) is 0 Å². The summed E-state index contributed by atoms with van der Waals surface area (Å²) in [6.45, 7) is 0. The predicted molar refractivity (Wildman–Crippen MR) is 117 cm³/mol. The number of aromatic nitrogens is 2. The first kappa shape index (κ1) is 22.0. The Balaban J connectivity index is 0.000000215. The Morgan fingerprint density at radius 3 is 1.13 bits per heavy atom. The largest absolute Gasteiger partial charge is 0.478 e. The van der Waals surface area contributed by atoms with Gasteiger partial charge in [0.15, 0.2) is 0 Å². The topological polar surface area (TPSA) is 100 Å². The Morgan fingerprint density at radius 1 is 0.533 bits per heavy atom. The van der Waals surface area contributed by atoms with E-state index in [2.05, 4.69) is 22.1 Å². The molecule has 0 fully saturated rings. The molecule has 0 aliphatic carbocycles. The monoisotopic (exact) mass is 400 g/mol. The van der Waals surface area contributed by atoms with Crippen molar-refractivity contribution in [3.05, 3.63) is 108 Å². The van der Waals surface area contributed by atoms with Gasteiger partial charge < -0.3 is 10.2 Å². The van der Waals surface area contributed by atoms with Crippen molar-refractivity contribution in [3.8, 4) is 0 Å². The summed E-state index contributed by atoms with van der Waals surface area (Å²) < 4.78 is 0. The summed E-state index contributed by atoms with van der Waals surface area (Å²) >= 11 is 0. The van der Waals surface area contributed by atoms with Crippen molar-refractivity contribution in [2.45, 2.75) is 0 Å². The van der Waals surface area contributed by atoms with Gasteiger partial charge in [0.05, 0.1) is 0 Å². The second-order valence-corrected chi connectivity index (χ2v) is 5.90. The van der Waals surface area contributed by atoms with Crippen LogP contribution in [0.15, 0.2) is 85.5 Å². The van der Waals surface area contributed by atoms with E-state index in [-0.39, 0.29) is 0 Å². The summed E-state index contributed by atoms with van der Waals surface area (Å²) in [6.07, 6.45) is 16.3. The number of hydrogen-bond donors (Lipinski definition) is 2. The van der Waals surface area contributed by atoms with Crippen LogP contribution >= 0.6 is 0 Å². The van der Waals surface area contributed by atoms with Crippen molar-refractivity contribution in [1.82, 2.24) is 9.97 Å². The highest BCUT2D eigenvalue weighted by atomic mass is 16.4. The standard InChI is InChI=1S/C12H10N2.C12H10O4/c1(11-3-7-13-8-4-11)2-12-5-9-14-10-6-12;13-11(14)7-5-9-1-2-10(4-3-9)6-8-12(15)16/h1-10H;1-8H,(H,13,14)(H,15,16)/b2-1+;7-5+,8-6+. The lowest BCUT2D eigenvalue weighted by molar-refractivity contribution is -0.132. The third kappa shape index (κ3) is 9.05. The maximum Gasteiger partial charge on any atom is 0.328 e. The zero-order valence-electron chi connectivity index (χ0n) is 16.0. The average molecular weight is 400 g/mol. The number of pyridine rings is 2. The Kier molecular flexibility index (Phi) is 8.94. The zero-order valence-corrected chi connectivity index (χ0v) is 16.0. The smallest absolute Gasteiger partial charge is 0.328 e. The van der Waals surface area contributed by atoms with Crippen LogP contribution in [0.3, 0.4) is 0 Å². The quantitative estimate of drug-likeness (QED) is 0.590. The maximum atomic E-state index is 10.3. The molecule has 0 atom stereocenters. The molecule has 0 spiro atoms. The van der Waals surface area contributed by atoms with Gasteiger partial charge in [-0.15, -0.1) is 0 Å². The molecule has 0 amide bonds. The highest BCUT2D eigenvalue weighted by Gasteiger charge is 1.92. The minimum Gasteiger partial charge on any atom is -0.478 e. The summed E-state index contributed by atoms with van der Waals surface area (Å²) in [6, 6.07) is 14.7. The fourth-order valence-electron chi connectivity index (χ4n) is 2.19. The van der Waals surface area contributed by atoms with Crippen LogP contribution in [0, 0.1) is 0 Å². The van der Waals surface area contributed by atoms with Crippen LogP contribution in [-0.4, -0.2) is 32.1 Å². The lowest BCUT2D eigenvalue weighted by Crippen LogP contribution is -1.86. The maximum absolute atomic E-state index is 10.3. The third-order valence-electron chi connectivity index (χ3n) is 3.65. The highest BCUT2D eigenvalue weighted by molar-refractivity contribution is 5.86. The van der Waals surface area contributed by atoms with Gasteiger partial charge in [-0.25, -0.2) is 9.59 Å². The Labute approximate surface area is 174 Å². The van der Waals surface area contributed by atoms with E-state index in [1.807, 2.05) is 24.3 Å².